The quantitative estimate of drug-likeness (QED) is 0.631. The molecular formula is C18H20. The molecule has 0 spiro atoms. The van der Waals surface area contributed by atoms with Crippen molar-refractivity contribution < 1.29 is 0 Å². The minimum absolute atomic E-state index is 0.0935. The number of hydrogen-bond donors (Lipinski definition) is 0. The zero-order valence-corrected chi connectivity index (χ0v) is 11.2. The number of benzene rings is 2. The van der Waals surface area contributed by atoms with Gasteiger partial charge in [-0.1, -0.05) is 62.4 Å². The molecule has 0 heterocycles. The van der Waals surface area contributed by atoms with Crippen LogP contribution in [0.3, 0.4) is 0 Å². The van der Waals surface area contributed by atoms with Crippen molar-refractivity contribution in [3.05, 3.63) is 70.8 Å². The van der Waals surface area contributed by atoms with Crippen LogP contribution in [0.4, 0.5) is 0 Å². The van der Waals surface area contributed by atoms with Gasteiger partial charge < -0.3 is 0 Å². The third-order valence-electron chi connectivity index (χ3n) is 4.28. The van der Waals surface area contributed by atoms with E-state index in [9.17, 15) is 0 Å². The first-order valence-electron chi connectivity index (χ1n) is 6.85. The van der Waals surface area contributed by atoms with Gasteiger partial charge in [0.15, 0.2) is 0 Å². The Morgan fingerprint density at radius 3 is 1.44 bits per heavy atom. The summed E-state index contributed by atoms with van der Waals surface area (Å²) < 4.78 is 0. The van der Waals surface area contributed by atoms with Gasteiger partial charge in [0.05, 0.1) is 0 Å². The Labute approximate surface area is 110 Å². The van der Waals surface area contributed by atoms with E-state index in [1.165, 1.54) is 41.5 Å². The second-order valence-corrected chi connectivity index (χ2v) is 5.87. The van der Waals surface area contributed by atoms with Gasteiger partial charge in [0.1, 0.15) is 0 Å². The van der Waals surface area contributed by atoms with Gasteiger partial charge in [-0.25, -0.2) is 0 Å². The monoisotopic (exact) mass is 236 g/mol. The molecule has 0 fully saturated rings. The maximum Gasteiger partial charge on any atom is 0.0146 e. The van der Waals surface area contributed by atoms with Crippen LogP contribution in [0.1, 0.15) is 42.5 Å². The first-order valence-corrected chi connectivity index (χ1v) is 6.85. The molecule has 0 aliphatic heterocycles. The molecule has 6 rings (SSSR count). The highest BCUT2D eigenvalue weighted by Crippen LogP contribution is 2.32. The summed E-state index contributed by atoms with van der Waals surface area (Å²) in [5.41, 5.74) is 5.82. The smallest absolute Gasteiger partial charge is 0.0146 e. The minimum atomic E-state index is 0.0935. The summed E-state index contributed by atoms with van der Waals surface area (Å²) in [6, 6.07) is 18.4. The zero-order chi connectivity index (χ0) is 12.6. The van der Waals surface area contributed by atoms with Gasteiger partial charge in [0.25, 0.3) is 0 Å². The topological polar surface area (TPSA) is 0 Å². The first kappa shape index (κ1) is 11.5. The van der Waals surface area contributed by atoms with Gasteiger partial charge in [0, 0.05) is 5.41 Å². The fourth-order valence-electron chi connectivity index (χ4n) is 2.84. The molecule has 2 aromatic rings. The molecule has 18 heavy (non-hydrogen) atoms. The van der Waals surface area contributed by atoms with Crippen molar-refractivity contribution in [2.45, 2.75) is 38.5 Å². The summed E-state index contributed by atoms with van der Waals surface area (Å²) in [6.07, 6.45) is 3.60. The predicted molar refractivity (Wildman–Crippen MR) is 77.0 cm³/mol. The Balaban J connectivity index is 2.15. The molecule has 0 unspecified atom stereocenters. The van der Waals surface area contributed by atoms with Crippen LogP contribution in [0, 0.1) is 0 Å². The van der Waals surface area contributed by atoms with Crippen LogP contribution in [-0.2, 0) is 18.3 Å². The van der Waals surface area contributed by atoms with Gasteiger partial charge in [-0.05, 0) is 41.5 Å². The van der Waals surface area contributed by atoms with E-state index in [2.05, 4.69) is 62.4 Å². The van der Waals surface area contributed by atoms with Crippen molar-refractivity contribution in [3.8, 4) is 0 Å². The van der Waals surface area contributed by atoms with E-state index in [4.69, 9.17) is 0 Å². The lowest BCUT2D eigenvalue weighted by atomic mass is 9.77. The number of hydrogen-bond acceptors (Lipinski definition) is 0. The molecule has 0 radical (unpaired) electrons. The summed E-state index contributed by atoms with van der Waals surface area (Å²) in [7, 11) is 0. The third-order valence-corrected chi connectivity index (χ3v) is 4.28. The van der Waals surface area contributed by atoms with Crippen molar-refractivity contribution in [1.29, 1.82) is 0 Å². The summed E-state index contributed by atoms with van der Waals surface area (Å²) in [6.45, 7) is 4.62. The summed E-state index contributed by atoms with van der Waals surface area (Å²) in [5, 5.41) is 0. The maximum absolute atomic E-state index is 2.31. The van der Waals surface area contributed by atoms with Crippen molar-refractivity contribution in [3.63, 3.8) is 0 Å². The lowest BCUT2D eigenvalue weighted by Gasteiger charge is -2.27. The van der Waals surface area contributed by atoms with Crippen LogP contribution in [0.5, 0.6) is 0 Å². The predicted octanol–water partition coefficient (Wildman–Crippen LogP) is 4.50. The highest BCUT2D eigenvalue weighted by molar-refractivity contribution is 5.40. The molecule has 0 N–H and O–H groups in total. The maximum atomic E-state index is 2.31. The van der Waals surface area contributed by atoms with E-state index in [-0.39, 0.29) is 5.41 Å². The average molecular weight is 236 g/mol. The summed E-state index contributed by atoms with van der Waals surface area (Å²) in [5.74, 6) is 0. The van der Waals surface area contributed by atoms with Gasteiger partial charge in [-0.15, -0.1) is 0 Å². The van der Waals surface area contributed by atoms with Crippen molar-refractivity contribution >= 4 is 0 Å². The van der Waals surface area contributed by atoms with E-state index in [0.29, 0.717) is 0 Å². The second-order valence-electron chi connectivity index (χ2n) is 5.87. The highest BCUT2D eigenvalue weighted by atomic mass is 14.3. The van der Waals surface area contributed by atoms with Gasteiger partial charge >= 0.3 is 0 Å². The summed E-state index contributed by atoms with van der Waals surface area (Å²) >= 11 is 0. The van der Waals surface area contributed by atoms with Crippen molar-refractivity contribution in [1.82, 2.24) is 0 Å². The van der Waals surface area contributed by atoms with E-state index in [0.717, 1.165) is 0 Å². The molecule has 92 valence electrons. The molecule has 4 aliphatic rings. The highest BCUT2D eigenvalue weighted by Gasteiger charge is 2.23. The normalized spacial score (nSPS) is 17.2. The van der Waals surface area contributed by atoms with Crippen LogP contribution < -0.4 is 0 Å². The Morgan fingerprint density at radius 1 is 0.667 bits per heavy atom. The van der Waals surface area contributed by atoms with Crippen molar-refractivity contribution in [2.75, 3.05) is 0 Å². The van der Waals surface area contributed by atoms with Crippen LogP contribution in [0.2, 0.25) is 0 Å². The van der Waals surface area contributed by atoms with Crippen LogP contribution in [0.15, 0.2) is 48.5 Å². The van der Waals surface area contributed by atoms with Crippen LogP contribution in [-0.4, -0.2) is 0 Å². The molecule has 4 aliphatic carbocycles. The van der Waals surface area contributed by atoms with Gasteiger partial charge in [0.2, 0.25) is 0 Å². The fourth-order valence-corrected chi connectivity index (χ4v) is 2.84. The average Bonchev–Trinajstić information content (AvgIpc) is 2.39. The zero-order valence-electron chi connectivity index (χ0n) is 11.2. The van der Waals surface area contributed by atoms with Gasteiger partial charge in [-0.3, -0.25) is 0 Å². The fraction of sp³-hybridized carbons (Fsp3) is 0.333. The first-order chi connectivity index (χ1) is 8.66. The molecule has 4 bridgehead atoms. The van der Waals surface area contributed by atoms with E-state index in [1.807, 2.05) is 0 Å². The second kappa shape index (κ2) is 4.28. The number of rotatable bonds is 0. The third kappa shape index (κ3) is 1.96. The molecule has 0 saturated heterocycles. The largest absolute Gasteiger partial charge is 0.0587 e. The SMILES string of the molecule is CC1(C)c2ccc(cc2)CCCc2ccc1cc2. The lowest BCUT2D eigenvalue weighted by Crippen LogP contribution is -2.19. The van der Waals surface area contributed by atoms with Gasteiger partial charge in [-0.2, -0.15) is 0 Å². The Bertz CT molecular complexity index is 480. The molecular weight excluding hydrogens is 216 g/mol. The molecule has 0 nitrogen and oxygen atoms in total. The van der Waals surface area contributed by atoms with E-state index >= 15 is 0 Å². The Kier molecular flexibility index (Phi) is 2.74. The molecule has 0 saturated carbocycles. The standard InChI is InChI=1S/C18H20/c1-18(2)16-10-6-14(7-11-16)4-3-5-15-8-12-17(18)13-9-15/h6-13H,3-5H2,1-2H3. The molecule has 0 amide bonds. The molecule has 0 aromatic heterocycles. The summed E-state index contributed by atoms with van der Waals surface area (Å²) in [4.78, 5) is 0. The minimum Gasteiger partial charge on any atom is -0.0587 e. The Morgan fingerprint density at radius 2 is 1.06 bits per heavy atom. The van der Waals surface area contributed by atoms with Crippen molar-refractivity contribution in [2.24, 2.45) is 0 Å². The van der Waals surface area contributed by atoms with Crippen LogP contribution >= 0.6 is 0 Å². The molecule has 0 heteroatoms. The molecule has 2 aromatic carbocycles. The van der Waals surface area contributed by atoms with E-state index < -0.39 is 0 Å². The number of aryl methyl sites for hydroxylation is 2. The Hall–Kier alpha value is -1.56. The van der Waals surface area contributed by atoms with Crippen LogP contribution in [0.25, 0.3) is 0 Å². The van der Waals surface area contributed by atoms with E-state index in [1.54, 1.807) is 0 Å². The lowest BCUT2D eigenvalue weighted by molar-refractivity contribution is 0.638. The molecule has 0 atom stereocenters.